The van der Waals surface area contributed by atoms with E-state index < -0.39 is 22.7 Å². The van der Waals surface area contributed by atoms with Crippen LogP contribution in [0.3, 0.4) is 0 Å². The number of aliphatic hydroxyl groups is 1. The number of benzene rings is 3. The Kier molecular flexibility index (Phi) is 8.18. The zero-order valence-corrected chi connectivity index (χ0v) is 21.1. The Morgan fingerprint density at radius 3 is 2.39 bits per heavy atom. The second-order valence-electron chi connectivity index (χ2n) is 8.99. The maximum Gasteiger partial charge on any atom is 0.295 e. The zero-order valence-electron chi connectivity index (χ0n) is 21.1. The van der Waals surface area contributed by atoms with Crippen molar-refractivity contribution in [1.82, 2.24) is 4.90 Å². The van der Waals surface area contributed by atoms with Gasteiger partial charge in [-0.2, -0.15) is 0 Å². The molecule has 1 fully saturated rings. The van der Waals surface area contributed by atoms with E-state index in [1.54, 1.807) is 24.3 Å². The Morgan fingerprint density at radius 2 is 1.76 bits per heavy atom. The molecule has 3 aromatic rings. The molecule has 1 amide bonds. The molecule has 0 saturated carbocycles. The van der Waals surface area contributed by atoms with Gasteiger partial charge in [0.2, 0.25) is 0 Å². The minimum atomic E-state index is -0.898. The summed E-state index contributed by atoms with van der Waals surface area (Å²) in [5, 5.41) is 22.3. The van der Waals surface area contributed by atoms with Gasteiger partial charge in [0, 0.05) is 38.0 Å². The van der Waals surface area contributed by atoms with Crippen LogP contribution in [0.5, 0.6) is 5.75 Å². The first-order valence-electron chi connectivity index (χ1n) is 12.1. The molecular formula is C29H28N2O7. The number of aryl methyl sites for hydroxylation is 1. The molecular weight excluding hydrogens is 488 g/mol. The highest BCUT2D eigenvalue weighted by Crippen LogP contribution is 2.40. The molecule has 196 valence electrons. The molecule has 0 spiro atoms. The van der Waals surface area contributed by atoms with Crippen molar-refractivity contribution in [3.05, 3.63) is 111 Å². The molecule has 9 nitrogen and oxygen atoms in total. The highest BCUT2D eigenvalue weighted by molar-refractivity contribution is 6.46. The van der Waals surface area contributed by atoms with E-state index in [0.717, 1.165) is 11.1 Å². The second kappa shape index (κ2) is 11.7. The van der Waals surface area contributed by atoms with Crippen LogP contribution >= 0.6 is 0 Å². The van der Waals surface area contributed by atoms with Crippen LogP contribution in [0.4, 0.5) is 5.69 Å². The standard InChI is InChI=1S/C29H28N2O7/c1-19-5-3-6-20(17-19)18-38-24-13-9-22(10-14-24)27(32)25-26(21-7-11-23(12-8-21)31(35)36)30(15-4-16-37-2)29(34)28(25)33/h3,5-14,17,26,32H,4,15-16,18H2,1-2H3/b27-25-. The number of amides is 1. The molecule has 4 rings (SSSR count). The Hall–Kier alpha value is -4.50. The van der Waals surface area contributed by atoms with Crippen molar-refractivity contribution in [2.24, 2.45) is 0 Å². The van der Waals surface area contributed by atoms with Crippen LogP contribution in [-0.4, -0.2) is 46.9 Å². The fourth-order valence-corrected chi connectivity index (χ4v) is 4.45. The average molecular weight is 517 g/mol. The highest BCUT2D eigenvalue weighted by atomic mass is 16.6. The number of carbonyl (C=O) groups is 2. The van der Waals surface area contributed by atoms with E-state index in [0.29, 0.717) is 36.5 Å². The fourth-order valence-electron chi connectivity index (χ4n) is 4.45. The van der Waals surface area contributed by atoms with Crippen molar-refractivity contribution >= 4 is 23.1 Å². The highest BCUT2D eigenvalue weighted by Gasteiger charge is 2.45. The maximum absolute atomic E-state index is 13.1. The summed E-state index contributed by atoms with van der Waals surface area (Å²) in [6.07, 6.45) is 0.472. The number of carbonyl (C=O) groups excluding carboxylic acids is 2. The monoisotopic (exact) mass is 516 g/mol. The lowest BCUT2D eigenvalue weighted by Crippen LogP contribution is -2.31. The van der Waals surface area contributed by atoms with Gasteiger partial charge in [0.05, 0.1) is 16.5 Å². The van der Waals surface area contributed by atoms with Gasteiger partial charge in [-0.15, -0.1) is 0 Å². The second-order valence-corrected chi connectivity index (χ2v) is 8.99. The predicted octanol–water partition coefficient (Wildman–Crippen LogP) is 4.94. The topological polar surface area (TPSA) is 119 Å². The number of Topliss-reactive ketones (excluding diaryl/α,β-unsaturated/α-hetero) is 1. The molecule has 1 saturated heterocycles. The fraction of sp³-hybridized carbons (Fsp3) is 0.241. The lowest BCUT2D eigenvalue weighted by Gasteiger charge is -2.25. The first kappa shape index (κ1) is 26.6. The summed E-state index contributed by atoms with van der Waals surface area (Å²) in [5.41, 5.74) is 2.78. The van der Waals surface area contributed by atoms with Gasteiger partial charge >= 0.3 is 0 Å². The Bertz CT molecular complexity index is 1360. The smallest absolute Gasteiger partial charge is 0.295 e. The third kappa shape index (κ3) is 5.73. The number of hydrogen-bond donors (Lipinski definition) is 1. The number of ether oxygens (including phenoxy) is 2. The van der Waals surface area contributed by atoms with E-state index >= 15 is 0 Å². The molecule has 0 aliphatic carbocycles. The first-order valence-corrected chi connectivity index (χ1v) is 12.1. The third-order valence-electron chi connectivity index (χ3n) is 6.32. The van der Waals surface area contributed by atoms with Crippen molar-refractivity contribution in [3.63, 3.8) is 0 Å². The van der Waals surface area contributed by atoms with Gasteiger partial charge in [0.25, 0.3) is 17.4 Å². The quantitative estimate of drug-likeness (QED) is 0.101. The van der Waals surface area contributed by atoms with E-state index in [1.165, 1.54) is 36.3 Å². The van der Waals surface area contributed by atoms with Crippen molar-refractivity contribution in [1.29, 1.82) is 0 Å². The normalized spacial score (nSPS) is 16.6. The van der Waals surface area contributed by atoms with Gasteiger partial charge in [-0.1, -0.05) is 29.8 Å². The van der Waals surface area contributed by atoms with E-state index in [4.69, 9.17) is 9.47 Å². The summed E-state index contributed by atoms with van der Waals surface area (Å²) in [6.45, 7) is 2.97. The van der Waals surface area contributed by atoms with Gasteiger partial charge in [-0.05, 0) is 60.9 Å². The lowest BCUT2D eigenvalue weighted by atomic mass is 9.95. The van der Waals surface area contributed by atoms with Crippen LogP contribution in [-0.2, 0) is 20.9 Å². The average Bonchev–Trinajstić information content (AvgIpc) is 3.17. The van der Waals surface area contributed by atoms with Gasteiger partial charge in [-0.3, -0.25) is 19.7 Å². The Balaban J connectivity index is 1.64. The number of ketones is 1. The predicted molar refractivity (Wildman–Crippen MR) is 141 cm³/mol. The van der Waals surface area contributed by atoms with E-state index in [1.807, 2.05) is 31.2 Å². The van der Waals surface area contributed by atoms with Crippen molar-refractivity contribution in [3.8, 4) is 5.75 Å². The number of nitro groups is 1. The molecule has 3 aromatic carbocycles. The van der Waals surface area contributed by atoms with Gasteiger partial charge in [-0.25, -0.2) is 0 Å². The molecule has 9 heteroatoms. The SMILES string of the molecule is COCCCN1C(=O)C(=O)/C(=C(\O)c2ccc(OCc3cccc(C)c3)cc2)C1c1ccc([N+](=O)[O-])cc1. The number of nitro benzene ring substituents is 1. The molecule has 1 unspecified atom stereocenters. The Labute approximate surface area is 220 Å². The number of likely N-dealkylation sites (tertiary alicyclic amines) is 1. The third-order valence-corrected chi connectivity index (χ3v) is 6.32. The molecule has 0 bridgehead atoms. The zero-order chi connectivity index (χ0) is 27.2. The lowest BCUT2D eigenvalue weighted by molar-refractivity contribution is -0.384. The maximum atomic E-state index is 13.1. The summed E-state index contributed by atoms with van der Waals surface area (Å²) in [5.74, 6) is -1.31. The largest absolute Gasteiger partial charge is 0.507 e. The number of hydrogen-bond acceptors (Lipinski definition) is 7. The minimum absolute atomic E-state index is 0.0744. The molecule has 1 heterocycles. The van der Waals surface area contributed by atoms with Crippen molar-refractivity contribution in [2.75, 3.05) is 20.3 Å². The van der Waals surface area contributed by atoms with E-state index in [-0.39, 0.29) is 23.6 Å². The Morgan fingerprint density at radius 1 is 1.05 bits per heavy atom. The molecule has 1 N–H and O–H groups in total. The summed E-state index contributed by atoms with van der Waals surface area (Å²) >= 11 is 0. The van der Waals surface area contributed by atoms with Crippen LogP contribution in [0.25, 0.3) is 5.76 Å². The number of methoxy groups -OCH3 is 1. The minimum Gasteiger partial charge on any atom is -0.507 e. The summed E-state index contributed by atoms with van der Waals surface area (Å²) in [6, 6.07) is 19.3. The van der Waals surface area contributed by atoms with Gasteiger partial charge in [0.15, 0.2) is 0 Å². The van der Waals surface area contributed by atoms with Crippen molar-refractivity contribution in [2.45, 2.75) is 26.0 Å². The molecule has 1 atom stereocenters. The summed E-state index contributed by atoms with van der Waals surface area (Å²) in [7, 11) is 1.54. The van der Waals surface area contributed by atoms with Crippen LogP contribution < -0.4 is 4.74 Å². The van der Waals surface area contributed by atoms with Crippen molar-refractivity contribution < 1.29 is 29.1 Å². The number of rotatable bonds is 10. The molecule has 0 aromatic heterocycles. The molecule has 1 aliphatic heterocycles. The number of non-ortho nitro benzene ring substituents is 1. The first-order chi connectivity index (χ1) is 18.3. The molecule has 38 heavy (non-hydrogen) atoms. The number of nitrogens with zero attached hydrogens (tertiary/aromatic N) is 2. The molecule has 0 radical (unpaired) electrons. The van der Waals surface area contributed by atoms with E-state index in [2.05, 4.69) is 0 Å². The van der Waals surface area contributed by atoms with Crippen LogP contribution in [0, 0.1) is 17.0 Å². The molecule has 1 aliphatic rings. The van der Waals surface area contributed by atoms with Gasteiger partial charge < -0.3 is 19.5 Å². The summed E-state index contributed by atoms with van der Waals surface area (Å²) in [4.78, 5) is 38.0. The van der Waals surface area contributed by atoms with Crippen LogP contribution in [0.1, 0.15) is 34.7 Å². The van der Waals surface area contributed by atoms with Gasteiger partial charge in [0.1, 0.15) is 18.1 Å². The van der Waals surface area contributed by atoms with E-state index in [9.17, 15) is 24.8 Å². The van der Waals surface area contributed by atoms with Crippen LogP contribution in [0.2, 0.25) is 0 Å². The van der Waals surface area contributed by atoms with Crippen LogP contribution in [0.15, 0.2) is 78.4 Å². The number of aliphatic hydroxyl groups excluding tert-OH is 1. The summed E-state index contributed by atoms with van der Waals surface area (Å²) < 4.78 is 10.9.